The minimum atomic E-state index is -0.216. The van der Waals surface area contributed by atoms with Crippen LogP contribution in [0.3, 0.4) is 0 Å². The summed E-state index contributed by atoms with van der Waals surface area (Å²) in [6, 6.07) is 13.7. The molecule has 28 heavy (non-hydrogen) atoms. The summed E-state index contributed by atoms with van der Waals surface area (Å²) in [5.41, 5.74) is 2.42. The number of nitrogens with one attached hydrogen (secondary N) is 1. The van der Waals surface area contributed by atoms with Crippen molar-refractivity contribution in [2.45, 2.75) is 39.0 Å². The van der Waals surface area contributed by atoms with Gasteiger partial charge in [-0.05, 0) is 43.2 Å². The van der Waals surface area contributed by atoms with Gasteiger partial charge in [0.25, 0.3) is 5.91 Å². The number of aryl methyl sites for hydroxylation is 2. The maximum Gasteiger partial charge on any atom is 0.251 e. The fraction of sp³-hybridized carbons (Fsp3) is 0.364. The Balaban J connectivity index is 1.44. The maximum absolute atomic E-state index is 12.8. The summed E-state index contributed by atoms with van der Waals surface area (Å²) in [6.07, 6.45) is 0.498. The molecule has 1 N–H and O–H groups in total. The van der Waals surface area contributed by atoms with Crippen LogP contribution in [0.1, 0.15) is 33.8 Å². The second-order valence-corrected chi connectivity index (χ2v) is 7.16. The standard InChI is InChI=1S/C22H24N2O4/c1-14-19(15(2)28-24-14)12-27-21-13-26-10-9-20(21)23-22(25)18-8-7-16-5-3-4-6-17(16)11-18/h3-8,11,20-21H,9-10,12-13H2,1-2H3,(H,23,25)/t20-,21-/m1/s1. The monoisotopic (exact) mass is 380 g/mol. The molecule has 0 aliphatic carbocycles. The topological polar surface area (TPSA) is 73.6 Å². The summed E-state index contributed by atoms with van der Waals surface area (Å²) in [6.45, 7) is 5.21. The summed E-state index contributed by atoms with van der Waals surface area (Å²) in [5, 5.41) is 9.25. The Morgan fingerprint density at radius 1 is 1.21 bits per heavy atom. The molecule has 1 saturated heterocycles. The van der Waals surface area contributed by atoms with E-state index in [4.69, 9.17) is 14.0 Å². The zero-order valence-electron chi connectivity index (χ0n) is 16.1. The molecule has 2 aromatic carbocycles. The Morgan fingerprint density at radius 2 is 2.04 bits per heavy atom. The summed E-state index contributed by atoms with van der Waals surface area (Å²) < 4.78 is 16.8. The van der Waals surface area contributed by atoms with E-state index in [2.05, 4.69) is 10.5 Å². The molecule has 1 aliphatic heterocycles. The molecule has 3 aromatic rings. The van der Waals surface area contributed by atoms with Crippen LogP contribution in [0, 0.1) is 13.8 Å². The average molecular weight is 380 g/mol. The van der Waals surface area contributed by atoms with Crippen molar-refractivity contribution in [1.29, 1.82) is 0 Å². The highest BCUT2D eigenvalue weighted by Gasteiger charge is 2.29. The molecule has 146 valence electrons. The number of carbonyl (C=O) groups excluding carboxylic acids is 1. The van der Waals surface area contributed by atoms with E-state index in [1.807, 2.05) is 56.3 Å². The molecule has 0 radical (unpaired) electrons. The number of carbonyl (C=O) groups is 1. The third kappa shape index (κ3) is 3.93. The molecule has 1 aliphatic rings. The molecular formula is C22H24N2O4. The highest BCUT2D eigenvalue weighted by Crippen LogP contribution is 2.19. The van der Waals surface area contributed by atoms with Gasteiger partial charge in [-0.3, -0.25) is 4.79 Å². The van der Waals surface area contributed by atoms with Crippen LogP contribution in [-0.4, -0.2) is 36.4 Å². The number of nitrogens with zero attached hydrogens (tertiary/aromatic N) is 1. The first-order valence-corrected chi connectivity index (χ1v) is 9.52. The predicted octanol–water partition coefficient (Wildman–Crippen LogP) is 3.55. The molecule has 0 bridgehead atoms. The van der Waals surface area contributed by atoms with E-state index in [9.17, 15) is 4.79 Å². The largest absolute Gasteiger partial charge is 0.379 e. The van der Waals surface area contributed by atoms with Crippen LogP contribution in [0.5, 0.6) is 0 Å². The lowest BCUT2D eigenvalue weighted by Gasteiger charge is -2.32. The smallest absolute Gasteiger partial charge is 0.251 e. The molecule has 1 aromatic heterocycles. The van der Waals surface area contributed by atoms with Gasteiger partial charge < -0.3 is 19.3 Å². The van der Waals surface area contributed by atoms with Crippen molar-refractivity contribution in [3.8, 4) is 0 Å². The van der Waals surface area contributed by atoms with Gasteiger partial charge in [0.1, 0.15) is 11.9 Å². The molecule has 1 amide bonds. The molecule has 1 fully saturated rings. The van der Waals surface area contributed by atoms with Crippen LogP contribution in [0.15, 0.2) is 47.0 Å². The van der Waals surface area contributed by atoms with E-state index in [1.165, 1.54) is 0 Å². The fourth-order valence-electron chi connectivity index (χ4n) is 3.52. The van der Waals surface area contributed by atoms with Crippen LogP contribution < -0.4 is 5.32 Å². The number of hydrogen-bond acceptors (Lipinski definition) is 5. The predicted molar refractivity (Wildman–Crippen MR) is 105 cm³/mol. The van der Waals surface area contributed by atoms with Gasteiger partial charge in [0, 0.05) is 17.7 Å². The summed E-state index contributed by atoms with van der Waals surface area (Å²) in [7, 11) is 0. The molecule has 2 heterocycles. The molecule has 6 heteroatoms. The Kier molecular flexibility index (Phi) is 5.41. The van der Waals surface area contributed by atoms with Crippen molar-refractivity contribution in [2.24, 2.45) is 0 Å². The normalized spacial score (nSPS) is 19.6. The number of ether oxygens (including phenoxy) is 2. The lowest BCUT2D eigenvalue weighted by atomic mass is 10.0. The summed E-state index contributed by atoms with van der Waals surface area (Å²) in [4.78, 5) is 12.8. The van der Waals surface area contributed by atoms with E-state index < -0.39 is 0 Å². The second kappa shape index (κ2) is 8.12. The van der Waals surface area contributed by atoms with Crippen LogP contribution in [-0.2, 0) is 16.1 Å². The van der Waals surface area contributed by atoms with Crippen LogP contribution >= 0.6 is 0 Å². The van der Waals surface area contributed by atoms with Crippen molar-refractivity contribution in [3.63, 3.8) is 0 Å². The lowest BCUT2D eigenvalue weighted by Crippen LogP contribution is -2.50. The maximum atomic E-state index is 12.8. The number of fused-ring (bicyclic) bond motifs is 1. The number of hydrogen-bond donors (Lipinski definition) is 1. The lowest BCUT2D eigenvalue weighted by molar-refractivity contribution is -0.0739. The Morgan fingerprint density at radius 3 is 2.82 bits per heavy atom. The van der Waals surface area contributed by atoms with E-state index in [0.29, 0.717) is 31.8 Å². The first-order chi connectivity index (χ1) is 13.6. The molecule has 2 atom stereocenters. The molecule has 0 unspecified atom stereocenters. The van der Waals surface area contributed by atoms with E-state index >= 15 is 0 Å². The van der Waals surface area contributed by atoms with Gasteiger partial charge in [-0.1, -0.05) is 35.5 Å². The van der Waals surface area contributed by atoms with Gasteiger partial charge in [0.05, 0.1) is 24.9 Å². The first kappa shape index (κ1) is 18.7. The summed E-state index contributed by atoms with van der Waals surface area (Å²) in [5.74, 6) is 0.662. The van der Waals surface area contributed by atoms with Gasteiger partial charge in [-0.15, -0.1) is 0 Å². The minimum absolute atomic E-state index is 0.0939. The molecule has 4 rings (SSSR count). The van der Waals surface area contributed by atoms with Crippen molar-refractivity contribution in [2.75, 3.05) is 13.2 Å². The van der Waals surface area contributed by atoms with Crippen LogP contribution in [0.2, 0.25) is 0 Å². The molecular weight excluding hydrogens is 356 g/mol. The highest BCUT2D eigenvalue weighted by molar-refractivity contribution is 5.98. The number of amides is 1. The van der Waals surface area contributed by atoms with E-state index in [-0.39, 0.29) is 18.1 Å². The van der Waals surface area contributed by atoms with Crippen LogP contribution in [0.4, 0.5) is 0 Å². The summed E-state index contributed by atoms with van der Waals surface area (Å²) >= 11 is 0. The minimum Gasteiger partial charge on any atom is -0.379 e. The highest BCUT2D eigenvalue weighted by atomic mass is 16.5. The average Bonchev–Trinajstić information content (AvgIpc) is 3.04. The zero-order chi connectivity index (χ0) is 19.5. The van der Waals surface area contributed by atoms with Crippen molar-refractivity contribution in [1.82, 2.24) is 10.5 Å². The van der Waals surface area contributed by atoms with Gasteiger partial charge >= 0.3 is 0 Å². The number of rotatable bonds is 5. The van der Waals surface area contributed by atoms with Gasteiger partial charge in [0.2, 0.25) is 0 Å². The second-order valence-electron chi connectivity index (χ2n) is 7.16. The van der Waals surface area contributed by atoms with Gasteiger partial charge in [-0.2, -0.15) is 0 Å². The van der Waals surface area contributed by atoms with Gasteiger partial charge in [-0.25, -0.2) is 0 Å². The fourth-order valence-corrected chi connectivity index (χ4v) is 3.52. The van der Waals surface area contributed by atoms with E-state index in [1.54, 1.807) is 0 Å². The zero-order valence-corrected chi connectivity index (χ0v) is 16.1. The third-order valence-corrected chi connectivity index (χ3v) is 5.26. The molecule has 6 nitrogen and oxygen atoms in total. The quantitative estimate of drug-likeness (QED) is 0.733. The number of aromatic nitrogens is 1. The van der Waals surface area contributed by atoms with Crippen molar-refractivity contribution in [3.05, 3.63) is 65.0 Å². The van der Waals surface area contributed by atoms with E-state index in [0.717, 1.165) is 27.8 Å². The number of benzene rings is 2. The SMILES string of the molecule is Cc1noc(C)c1CO[C@@H]1COCC[C@H]1NC(=O)c1ccc2ccccc2c1. The third-order valence-electron chi connectivity index (χ3n) is 5.26. The van der Waals surface area contributed by atoms with Crippen molar-refractivity contribution >= 4 is 16.7 Å². The van der Waals surface area contributed by atoms with Crippen LogP contribution in [0.25, 0.3) is 10.8 Å². The Hall–Kier alpha value is -2.70. The Bertz CT molecular complexity index is 962. The molecule has 0 spiro atoms. The molecule has 0 saturated carbocycles. The van der Waals surface area contributed by atoms with Crippen molar-refractivity contribution < 1.29 is 18.8 Å². The van der Waals surface area contributed by atoms with Gasteiger partial charge in [0.15, 0.2) is 0 Å². The Labute approximate surface area is 163 Å². The first-order valence-electron chi connectivity index (χ1n) is 9.52.